The predicted molar refractivity (Wildman–Crippen MR) is 114 cm³/mol. The zero-order valence-electron chi connectivity index (χ0n) is 16.1. The highest BCUT2D eigenvalue weighted by molar-refractivity contribution is 6.30. The molecule has 4 rings (SSSR count). The Balaban J connectivity index is 1.34. The van der Waals surface area contributed by atoms with Crippen LogP contribution in [0.1, 0.15) is 15.9 Å². The number of fused-ring (bicyclic) bond motifs is 1. The minimum absolute atomic E-state index is 0.107. The molecule has 0 radical (unpaired) electrons. The summed E-state index contributed by atoms with van der Waals surface area (Å²) in [7, 11) is 0. The van der Waals surface area contributed by atoms with E-state index in [1.807, 2.05) is 18.2 Å². The first-order chi connectivity index (χ1) is 14.5. The van der Waals surface area contributed by atoms with Crippen molar-refractivity contribution < 1.29 is 14.3 Å². The largest absolute Gasteiger partial charge is 0.488 e. The third-order valence-corrected chi connectivity index (χ3v) is 5.29. The van der Waals surface area contributed by atoms with E-state index in [1.165, 1.54) is 24.4 Å². The number of carbonyl (C=O) groups excluding carboxylic acids is 2. The lowest BCUT2D eigenvalue weighted by atomic mass is 10.1. The van der Waals surface area contributed by atoms with Crippen LogP contribution in [0.5, 0.6) is 5.75 Å². The lowest BCUT2D eigenvalue weighted by Crippen LogP contribution is -2.50. The van der Waals surface area contributed by atoms with Gasteiger partial charge in [0.15, 0.2) is 0 Å². The lowest BCUT2D eigenvalue weighted by Gasteiger charge is -2.34. The molecule has 0 spiro atoms. The second kappa shape index (κ2) is 8.59. The van der Waals surface area contributed by atoms with Crippen LogP contribution >= 0.6 is 11.6 Å². The van der Waals surface area contributed by atoms with Crippen LogP contribution in [0.2, 0.25) is 5.02 Å². The van der Waals surface area contributed by atoms with E-state index in [0.29, 0.717) is 43.4 Å². The number of H-pyrrole nitrogens is 1. The van der Waals surface area contributed by atoms with Crippen LogP contribution in [0, 0.1) is 0 Å². The van der Waals surface area contributed by atoms with E-state index in [0.717, 1.165) is 16.9 Å². The van der Waals surface area contributed by atoms with Crippen molar-refractivity contribution in [3.8, 4) is 5.75 Å². The second-order valence-corrected chi connectivity index (χ2v) is 7.52. The van der Waals surface area contributed by atoms with Crippen molar-refractivity contribution in [2.24, 2.45) is 0 Å². The number of aromatic nitrogens is 1. The van der Waals surface area contributed by atoms with Gasteiger partial charge in [0.1, 0.15) is 12.4 Å². The molecule has 7 nitrogen and oxygen atoms in total. The number of piperazine rings is 1. The molecule has 0 atom stereocenters. The lowest BCUT2D eigenvalue weighted by molar-refractivity contribution is -0.127. The van der Waals surface area contributed by atoms with Crippen LogP contribution in [0.25, 0.3) is 6.08 Å². The molecule has 154 valence electrons. The summed E-state index contributed by atoms with van der Waals surface area (Å²) in [5.74, 6) is 0.505. The number of pyridine rings is 1. The van der Waals surface area contributed by atoms with Crippen LogP contribution in [0.4, 0.5) is 0 Å². The molecule has 1 fully saturated rings. The number of carbonyl (C=O) groups is 2. The Morgan fingerprint density at radius 2 is 1.83 bits per heavy atom. The van der Waals surface area contributed by atoms with E-state index in [-0.39, 0.29) is 17.4 Å². The molecule has 0 bridgehead atoms. The van der Waals surface area contributed by atoms with Gasteiger partial charge in [-0.25, -0.2) is 0 Å². The van der Waals surface area contributed by atoms with Gasteiger partial charge in [-0.15, -0.1) is 0 Å². The summed E-state index contributed by atoms with van der Waals surface area (Å²) in [6, 6.07) is 8.26. The number of nitrogens with one attached hydrogen (secondary N) is 1. The Morgan fingerprint density at radius 1 is 1.07 bits per heavy atom. The minimum atomic E-state index is -0.251. The maximum absolute atomic E-state index is 12.5. The van der Waals surface area contributed by atoms with Crippen LogP contribution in [-0.4, -0.2) is 59.4 Å². The molecule has 8 heteroatoms. The van der Waals surface area contributed by atoms with Gasteiger partial charge in [-0.2, -0.15) is 0 Å². The van der Waals surface area contributed by atoms with Gasteiger partial charge in [-0.3, -0.25) is 14.4 Å². The van der Waals surface area contributed by atoms with Gasteiger partial charge in [0.05, 0.1) is 5.56 Å². The molecule has 3 heterocycles. The Hall–Kier alpha value is -3.32. The average Bonchev–Trinajstić information content (AvgIpc) is 2.77. The summed E-state index contributed by atoms with van der Waals surface area (Å²) in [5, 5.41) is 0.629. The van der Waals surface area contributed by atoms with E-state index in [9.17, 15) is 14.4 Å². The number of benzene rings is 1. The number of ether oxygens (including phenoxy) is 1. The summed E-state index contributed by atoms with van der Waals surface area (Å²) in [4.78, 5) is 42.1. The predicted octanol–water partition coefficient (Wildman–Crippen LogP) is 2.34. The average molecular weight is 426 g/mol. The van der Waals surface area contributed by atoms with Crippen LogP contribution in [0.15, 0.2) is 59.0 Å². The van der Waals surface area contributed by atoms with Gasteiger partial charge < -0.3 is 19.5 Å². The Kier molecular flexibility index (Phi) is 5.72. The standard InChI is InChI=1S/C22H20ClN3O4/c23-18-3-4-19-17(12-18)11-15(14-30-19)1-6-21(28)25-7-9-26(10-8-25)22(29)16-2-5-20(27)24-13-16/h1-6,11-13H,7-10,14H2,(H,24,27)/b6-1+. The fourth-order valence-corrected chi connectivity index (χ4v) is 3.58. The fourth-order valence-electron chi connectivity index (χ4n) is 3.40. The van der Waals surface area contributed by atoms with Crippen molar-refractivity contribution >= 4 is 29.5 Å². The van der Waals surface area contributed by atoms with Crippen molar-refractivity contribution in [1.82, 2.24) is 14.8 Å². The molecule has 1 N–H and O–H groups in total. The van der Waals surface area contributed by atoms with Crippen molar-refractivity contribution in [2.75, 3.05) is 32.8 Å². The van der Waals surface area contributed by atoms with Gasteiger partial charge in [0, 0.05) is 55.1 Å². The Bertz CT molecular complexity index is 1080. The van der Waals surface area contributed by atoms with Crippen LogP contribution in [0.3, 0.4) is 0 Å². The molecule has 2 aliphatic heterocycles. The van der Waals surface area contributed by atoms with E-state index in [1.54, 1.807) is 21.9 Å². The van der Waals surface area contributed by atoms with Crippen LogP contribution < -0.4 is 10.3 Å². The minimum Gasteiger partial charge on any atom is -0.488 e. The van der Waals surface area contributed by atoms with Crippen LogP contribution in [-0.2, 0) is 4.79 Å². The molecule has 2 amide bonds. The van der Waals surface area contributed by atoms with Gasteiger partial charge >= 0.3 is 0 Å². The number of nitrogens with zero attached hydrogens (tertiary/aromatic N) is 2. The van der Waals surface area contributed by atoms with E-state index < -0.39 is 0 Å². The maximum atomic E-state index is 12.5. The highest BCUT2D eigenvalue weighted by atomic mass is 35.5. The van der Waals surface area contributed by atoms with Crippen molar-refractivity contribution in [1.29, 1.82) is 0 Å². The summed E-state index contributed by atoms with van der Waals surface area (Å²) in [6.07, 6.45) is 6.65. The zero-order chi connectivity index (χ0) is 21.1. The molecular weight excluding hydrogens is 406 g/mol. The first-order valence-electron chi connectivity index (χ1n) is 9.57. The molecule has 0 saturated carbocycles. The van der Waals surface area contributed by atoms with Gasteiger partial charge in [0.2, 0.25) is 11.5 Å². The third kappa shape index (κ3) is 4.46. The van der Waals surface area contributed by atoms with E-state index in [4.69, 9.17) is 16.3 Å². The number of halogens is 1. The molecular formula is C22H20ClN3O4. The first kappa shape index (κ1) is 20.0. The quantitative estimate of drug-likeness (QED) is 0.765. The number of aromatic amines is 1. The third-order valence-electron chi connectivity index (χ3n) is 5.06. The monoisotopic (exact) mass is 425 g/mol. The van der Waals surface area contributed by atoms with Crippen molar-refractivity contribution in [2.45, 2.75) is 0 Å². The Morgan fingerprint density at radius 3 is 2.57 bits per heavy atom. The maximum Gasteiger partial charge on any atom is 0.255 e. The number of hydrogen-bond donors (Lipinski definition) is 1. The first-order valence-corrected chi connectivity index (χ1v) is 9.95. The molecule has 1 saturated heterocycles. The summed E-state index contributed by atoms with van der Waals surface area (Å²) in [5.41, 5.74) is 1.94. The highest BCUT2D eigenvalue weighted by Gasteiger charge is 2.24. The van der Waals surface area contributed by atoms with E-state index >= 15 is 0 Å². The molecule has 2 aliphatic rings. The molecule has 1 aromatic heterocycles. The SMILES string of the molecule is O=C(/C=C/C1=Cc2cc(Cl)ccc2OC1)N1CCN(C(=O)c2ccc(=O)[nH]c2)CC1. The summed E-state index contributed by atoms with van der Waals surface area (Å²) < 4.78 is 5.69. The topological polar surface area (TPSA) is 82.7 Å². The fraction of sp³-hybridized carbons (Fsp3) is 0.227. The van der Waals surface area contributed by atoms with Gasteiger partial charge in [-0.05, 0) is 35.9 Å². The summed E-state index contributed by atoms with van der Waals surface area (Å²) >= 11 is 6.03. The van der Waals surface area contributed by atoms with Gasteiger partial charge in [-0.1, -0.05) is 17.7 Å². The van der Waals surface area contributed by atoms with Crippen molar-refractivity contribution in [3.05, 3.63) is 80.8 Å². The molecule has 30 heavy (non-hydrogen) atoms. The molecule has 0 unspecified atom stereocenters. The number of amides is 2. The van der Waals surface area contributed by atoms with Gasteiger partial charge in [0.25, 0.3) is 5.91 Å². The normalized spacial score (nSPS) is 16.1. The number of hydrogen-bond acceptors (Lipinski definition) is 4. The Labute approximate surface area is 178 Å². The number of rotatable bonds is 3. The smallest absolute Gasteiger partial charge is 0.255 e. The highest BCUT2D eigenvalue weighted by Crippen LogP contribution is 2.29. The van der Waals surface area contributed by atoms with Crippen molar-refractivity contribution in [3.63, 3.8) is 0 Å². The molecule has 1 aromatic carbocycles. The molecule has 0 aliphatic carbocycles. The van der Waals surface area contributed by atoms with E-state index in [2.05, 4.69) is 4.98 Å². The summed E-state index contributed by atoms with van der Waals surface area (Å²) in [6.45, 7) is 2.17. The zero-order valence-corrected chi connectivity index (χ0v) is 16.9. The molecule has 2 aromatic rings. The second-order valence-electron chi connectivity index (χ2n) is 7.08.